The third-order valence-corrected chi connectivity index (χ3v) is 6.09. The Hall–Kier alpha value is -2.12. The van der Waals surface area contributed by atoms with Gasteiger partial charge in [0.1, 0.15) is 5.60 Å². The summed E-state index contributed by atoms with van der Waals surface area (Å²) in [5.74, 6) is -0.00671. The maximum atomic E-state index is 12.8. The fourth-order valence-electron chi connectivity index (χ4n) is 3.20. The Kier molecular flexibility index (Phi) is 5.18. The number of ether oxygens (including phenoxy) is 1. The summed E-state index contributed by atoms with van der Waals surface area (Å²) in [6, 6.07) is 12.3. The molecule has 0 saturated carbocycles. The number of nitrogens with one attached hydrogen (secondary N) is 1. The van der Waals surface area contributed by atoms with Gasteiger partial charge in [-0.3, -0.25) is 0 Å². The van der Waals surface area contributed by atoms with Gasteiger partial charge >= 0.3 is 6.09 Å². The summed E-state index contributed by atoms with van der Waals surface area (Å²) >= 11 is 0. The minimum atomic E-state index is -3.68. The summed E-state index contributed by atoms with van der Waals surface area (Å²) in [6.07, 6.45) is -0.415. The van der Waals surface area contributed by atoms with Gasteiger partial charge in [0.25, 0.3) is 0 Å². The zero-order valence-corrected chi connectivity index (χ0v) is 16.9. The normalized spacial score (nSPS) is 20.8. The van der Waals surface area contributed by atoms with Crippen molar-refractivity contribution in [1.82, 2.24) is 9.62 Å². The first kappa shape index (κ1) is 19.6. The molecular formula is C20H26N2O4S. The predicted molar refractivity (Wildman–Crippen MR) is 105 cm³/mol. The number of hydrogen-bond donors (Lipinski definition) is 1. The number of carbonyl (C=O) groups is 1. The van der Waals surface area contributed by atoms with Crippen molar-refractivity contribution < 1.29 is 17.9 Å². The summed E-state index contributed by atoms with van der Waals surface area (Å²) in [6.45, 7) is 8.11. The van der Waals surface area contributed by atoms with Crippen LogP contribution in [-0.4, -0.2) is 44.1 Å². The van der Waals surface area contributed by atoms with Gasteiger partial charge in [-0.05, 0) is 49.6 Å². The molecule has 2 atom stereocenters. The molecule has 0 aromatic heterocycles. The Morgan fingerprint density at radius 2 is 1.78 bits per heavy atom. The number of nitrogens with zero attached hydrogens (tertiary/aromatic N) is 1. The number of hydrogen-bond acceptors (Lipinski definition) is 4. The molecule has 0 spiro atoms. The minimum absolute atomic E-state index is 0.00671. The van der Waals surface area contributed by atoms with Gasteiger partial charge < -0.3 is 9.64 Å². The fraction of sp³-hybridized carbons (Fsp3) is 0.450. The molecule has 146 valence electrons. The van der Waals surface area contributed by atoms with Crippen LogP contribution < -0.4 is 4.72 Å². The van der Waals surface area contributed by atoms with Crippen molar-refractivity contribution in [3.63, 3.8) is 0 Å². The molecular weight excluding hydrogens is 364 g/mol. The van der Waals surface area contributed by atoms with Gasteiger partial charge in [-0.15, -0.1) is 0 Å². The highest BCUT2D eigenvalue weighted by Gasteiger charge is 2.37. The highest BCUT2D eigenvalue weighted by atomic mass is 32.2. The molecule has 7 heteroatoms. The van der Waals surface area contributed by atoms with E-state index in [9.17, 15) is 13.2 Å². The van der Waals surface area contributed by atoms with E-state index in [1.54, 1.807) is 23.1 Å². The SMILES string of the molecule is CC1CN(C(=O)OC(C)(C)C)CC1NS(=O)(=O)c1ccc2ccccc2c1. The quantitative estimate of drug-likeness (QED) is 0.872. The first-order chi connectivity index (χ1) is 12.5. The summed E-state index contributed by atoms with van der Waals surface area (Å²) in [4.78, 5) is 14.0. The molecule has 1 N–H and O–H groups in total. The molecule has 2 aromatic rings. The number of likely N-dealkylation sites (tertiary alicyclic amines) is 1. The lowest BCUT2D eigenvalue weighted by Crippen LogP contribution is -2.41. The summed E-state index contributed by atoms with van der Waals surface area (Å²) in [5, 5.41) is 1.86. The Morgan fingerprint density at radius 1 is 1.11 bits per heavy atom. The van der Waals surface area contributed by atoms with Crippen molar-refractivity contribution in [2.24, 2.45) is 5.92 Å². The lowest BCUT2D eigenvalue weighted by molar-refractivity contribution is 0.0287. The van der Waals surface area contributed by atoms with Crippen molar-refractivity contribution in [1.29, 1.82) is 0 Å². The maximum Gasteiger partial charge on any atom is 0.410 e. The predicted octanol–water partition coefficient (Wildman–Crippen LogP) is 3.37. The van der Waals surface area contributed by atoms with Gasteiger partial charge in [-0.1, -0.05) is 37.3 Å². The summed E-state index contributed by atoms with van der Waals surface area (Å²) in [7, 11) is -3.68. The van der Waals surface area contributed by atoms with Gasteiger partial charge in [-0.2, -0.15) is 0 Å². The molecule has 2 aromatic carbocycles. The molecule has 0 aliphatic carbocycles. The van der Waals surface area contributed by atoms with E-state index < -0.39 is 21.7 Å². The highest BCUT2D eigenvalue weighted by molar-refractivity contribution is 7.89. The molecule has 1 amide bonds. The second-order valence-corrected chi connectivity index (χ2v) is 9.81. The van der Waals surface area contributed by atoms with Crippen LogP contribution in [0.5, 0.6) is 0 Å². The van der Waals surface area contributed by atoms with E-state index in [4.69, 9.17) is 4.74 Å². The topological polar surface area (TPSA) is 75.7 Å². The van der Waals surface area contributed by atoms with Gasteiger partial charge in [0.05, 0.1) is 4.90 Å². The van der Waals surface area contributed by atoms with Crippen LogP contribution in [0.2, 0.25) is 0 Å². The number of amides is 1. The van der Waals surface area contributed by atoms with Gasteiger partial charge in [0, 0.05) is 19.1 Å². The van der Waals surface area contributed by atoms with Gasteiger partial charge in [-0.25, -0.2) is 17.9 Å². The summed E-state index contributed by atoms with van der Waals surface area (Å²) < 4.78 is 33.8. The lowest BCUT2D eigenvalue weighted by Gasteiger charge is -2.24. The Labute approximate surface area is 160 Å². The Bertz CT molecular complexity index is 950. The largest absolute Gasteiger partial charge is 0.444 e. The molecule has 1 fully saturated rings. The van der Waals surface area contributed by atoms with Crippen LogP contribution in [0.25, 0.3) is 10.8 Å². The maximum absolute atomic E-state index is 12.8. The van der Waals surface area contributed by atoms with Crippen molar-refractivity contribution in [3.8, 4) is 0 Å². The van der Waals surface area contributed by atoms with E-state index in [1.165, 1.54) is 0 Å². The number of rotatable bonds is 3. The van der Waals surface area contributed by atoms with Crippen LogP contribution in [0.15, 0.2) is 47.4 Å². The molecule has 1 aliphatic rings. The highest BCUT2D eigenvalue weighted by Crippen LogP contribution is 2.23. The third kappa shape index (κ3) is 4.59. The fourth-order valence-corrected chi connectivity index (χ4v) is 4.57. The standard InChI is InChI=1S/C20H26N2O4S/c1-14-12-22(19(23)26-20(2,3)4)13-18(14)21-27(24,25)17-10-9-15-7-5-6-8-16(15)11-17/h5-11,14,18,21H,12-13H2,1-4H3. The molecule has 6 nitrogen and oxygen atoms in total. The van der Waals surface area contributed by atoms with Crippen molar-refractivity contribution >= 4 is 26.9 Å². The molecule has 0 bridgehead atoms. The molecule has 0 radical (unpaired) electrons. The van der Waals surface area contributed by atoms with Crippen LogP contribution in [-0.2, 0) is 14.8 Å². The Morgan fingerprint density at radius 3 is 2.44 bits per heavy atom. The molecule has 1 heterocycles. The lowest BCUT2D eigenvalue weighted by atomic mass is 10.1. The van der Waals surface area contributed by atoms with Crippen molar-refractivity contribution in [2.75, 3.05) is 13.1 Å². The van der Waals surface area contributed by atoms with Crippen molar-refractivity contribution in [3.05, 3.63) is 42.5 Å². The Balaban J connectivity index is 1.74. The van der Waals surface area contributed by atoms with E-state index in [-0.39, 0.29) is 16.9 Å². The van der Waals surface area contributed by atoms with Crippen LogP contribution in [0.1, 0.15) is 27.7 Å². The van der Waals surface area contributed by atoms with Gasteiger partial charge in [0.15, 0.2) is 0 Å². The molecule has 1 aliphatic heterocycles. The molecule has 27 heavy (non-hydrogen) atoms. The molecule has 1 saturated heterocycles. The number of fused-ring (bicyclic) bond motifs is 1. The number of sulfonamides is 1. The van der Waals surface area contributed by atoms with E-state index in [0.29, 0.717) is 13.1 Å². The number of carbonyl (C=O) groups excluding carboxylic acids is 1. The average molecular weight is 391 g/mol. The van der Waals surface area contributed by atoms with Crippen LogP contribution >= 0.6 is 0 Å². The van der Waals surface area contributed by atoms with E-state index >= 15 is 0 Å². The van der Waals surface area contributed by atoms with E-state index in [0.717, 1.165) is 10.8 Å². The second-order valence-electron chi connectivity index (χ2n) is 8.10. The van der Waals surface area contributed by atoms with Gasteiger partial charge in [0.2, 0.25) is 10.0 Å². The molecule has 3 rings (SSSR count). The van der Waals surface area contributed by atoms with Crippen LogP contribution in [0, 0.1) is 5.92 Å². The summed E-state index contributed by atoms with van der Waals surface area (Å²) in [5.41, 5.74) is -0.580. The molecule has 2 unspecified atom stereocenters. The van der Waals surface area contributed by atoms with E-state index in [2.05, 4.69) is 4.72 Å². The van der Waals surface area contributed by atoms with Crippen LogP contribution in [0.4, 0.5) is 4.79 Å². The average Bonchev–Trinajstić information content (AvgIpc) is 2.93. The number of benzene rings is 2. The first-order valence-corrected chi connectivity index (χ1v) is 10.5. The third-order valence-electron chi connectivity index (χ3n) is 4.60. The van der Waals surface area contributed by atoms with Crippen LogP contribution in [0.3, 0.4) is 0 Å². The van der Waals surface area contributed by atoms with E-state index in [1.807, 2.05) is 52.0 Å². The first-order valence-electron chi connectivity index (χ1n) is 9.04. The smallest absolute Gasteiger partial charge is 0.410 e. The van der Waals surface area contributed by atoms with Crippen molar-refractivity contribution in [2.45, 2.75) is 44.2 Å². The second kappa shape index (κ2) is 7.13. The zero-order valence-electron chi connectivity index (χ0n) is 16.1. The minimum Gasteiger partial charge on any atom is -0.444 e. The zero-order chi connectivity index (χ0) is 19.8. The monoisotopic (exact) mass is 390 g/mol.